The van der Waals surface area contributed by atoms with E-state index in [2.05, 4.69) is 40.5 Å². The second kappa shape index (κ2) is 10.1. The fraction of sp³-hybridized carbons (Fsp3) is 0.625. The Kier molecular flexibility index (Phi) is 9.76. The predicted octanol–water partition coefficient (Wildman–Crippen LogP) is 4.50. The minimum absolute atomic E-state index is 0.483. The highest BCUT2D eigenvalue weighted by molar-refractivity contribution is 6.59. The first-order valence-corrected chi connectivity index (χ1v) is 9.51. The van der Waals surface area contributed by atoms with E-state index in [-0.39, 0.29) is 0 Å². The third-order valence-electron chi connectivity index (χ3n) is 3.12. The SMILES string of the molecule is C=C(CC)CO[Si](C)(OCC(=C)CC)OCC(=C)CC. The molecule has 0 amide bonds. The molecule has 0 rings (SSSR count). The van der Waals surface area contributed by atoms with Crippen LogP contribution in [0.5, 0.6) is 0 Å². The lowest BCUT2D eigenvalue weighted by Crippen LogP contribution is -2.44. The summed E-state index contributed by atoms with van der Waals surface area (Å²) >= 11 is 0. The second-order valence-electron chi connectivity index (χ2n) is 5.04. The van der Waals surface area contributed by atoms with Crippen molar-refractivity contribution in [2.75, 3.05) is 19.8 Å². The first kappa shape index (κ1) is 19.3. The Labute approximate surface area is 125 Å². The van der Waals surface area contributed by atoms with Crippen molar-refractivity contribution in [1.29, 1.82) is 0 Å². The fourth-order valence-electron chi connectivity index (χ4n) is 1.13. The van der Waals surface area contributed by atoms with E-state index in [4.69, 9.17) is 13.3 Å². The third kappa shape index (κ3) is 8.48. The summed E-state index contributed by atoms with van der Waals surface area (Å²) < 4.78 is 17.7. The molecular weight excluding hydrogens is 268 g/mol. The Morgan fingerprint density at radius 3 is 1.15 bits per heavy atom. The third-order valence-corrected chi connectivity index (χ3v) is 5.12. The van der Waals surface area contributed by atoms with Crippen molar-refractivity contribution in [2.45, 2.75) is 46.6 Å². The van der Waals surface area contributed by atoms with Crippen LogP contribution in [0.25, 0.3) is 0 Å². The van der Waals surface area contributed by atoms with E-state index in [0.29, 0.717) is 19.8 Å². The van der Waals surface area contributed by atoms with E-state index >= 15 is 0 Å². The van der Waals surface area contributed by atoms with E-state index in [1.807, 2.05) is 6.55 Å². The minimum Gasteiger partial charge on any atom is -0.369 e. The van der Waals surface area contributed by atoms with Crippen molar-refractivity contribution in [3.05, 3.63) is 36.5 Å². The lowest BCUT2D eigenvalue weighted by atomic mass is 10.3. The molecule has 0 aliphatic rings. The monoisotopic (exact) mass is 298 g/mol. The van der Waals surface area contributed by atoms with Crippen molar-refractivity contribution < 1.29 is 13.3 Å². The molecule has 116 valence electrons. The summed E-state index contributed by atoms with van der Waals surface area (Å²) in [5.41, 5.74) is 3.12. The van der Waals surface area contributed by atoms with Gasteiger partial charge >= 0.3 is 8.80 Å². The first-order valence-electron chi connectivity index (χ1n) is 7.28. The van der Waals surface area contributed by atoms with Gasteiger partial charge < -0.3 is 13.3 Å². The molecule has 3 nitrogen and oxygen atoms in total. The second-order valence-corrected chi connectivity index (χ2v) is 7.63. The average Bonchev–Trinajstić information content (AvgIpc) is 2.47. The van der Waals surface area contributed by atoms with Crippen molar-refractivity contribution >= 4 is 8.80 Å². The zero-order chi connectivity index (χ0) is 15.6. The molecule has 0 bridgehead atoms. The van der Waals surface area contributed by atoms with E-state index in [1.165, 1.54) is 0 Å². The highest BCUT2D eigenvalue weighted by Crippen LogP contribution is 2.15. The molecule has 0 atom stereocenters. The zero-order valence-electron chi connectivity index (χ0n) is 13.6. The molecule has 0 aromatic rings. The Hall–Kier alpha value is -0.683. The van der Waals surface area contributed by atoms with Crippen LogP contribution in [0.4, 0.5) is 0 Å². The lowest BCUT2D eigenvalue weighted by Gasteiger charge is -2.27. The topological polar surface area (TPSA) is 27.7 Å². The molecule has 0 saturated carbocycles. The number of hydrogen-bond acceptors (Lipinski definition) is 3. The molecule has 0 N–H and O–H groups in total. The standard InChI is InChI=1S/C16H30O3Si/c1-8-14(4)11-17-20(7,18-12-15(5)9-2)19-13-16(6)10-3/h4-6,8-13H2,1-3,7H3. The molecule has 0 unspecified atom stereocenters. The molecule has 0 fully saturated rings. The summed E-state index contributed by atoms with van der Waals surface area (Å²) in [7, 11) is -2.67. The fourth-order valence-corrected chi connectivity index (χ4v) is 2.78. The normalized spacial score (nSPS) is 11.4. The van der Waals surface area contributed by atoms with Crippen molar-refractivity contribution in [3.63, 3.8) is 0 Å². The van der Waals surface area contributed by atoms with Gasteiger partial charge in [0.15, 0.2) is 0 Å². The Balaban J connectivity index is 4.51. The molecule has 0 radical (unpaired) electrons. The molecule has 0 saturated heterocycles. The van der Waals surface area contributed by atoms with Crippen molar-refractivity contribution in [3.8, 4) is 0 Å². The van der Waals surface area contributed by atoms with Gasteiger partial charge in [-0.05, 0) is 19.3 Å². The molecule has 0 aromatic heterocycles. The summed E-state index contributed by atoms with van der Waals surface area (Å²) in [4.78, 5) is 0. The van der Waals surface area contributed by atoms with Gasteiger partial charge in [-0.1, -0.05) is 57.2 Å². The molecule has 0 aliphatic carbocycles. The number of hydrogen-bond donors (Lipinski definition) is 0. The minimum atomic E-state index is -2.67. The largest absolute Gasteiger partial charge is 0.498 e. The van der Waals surface area contributed by atoms with Gasteiger partial charge in [0.2, 0.25) is 0 Å². The first-order chi connectivity index (χ1) is 9.36. The lowest BCUT2D eigenvalue weighted by molar-refractivity contribution is 0.0858. The summed E-state index contributed by atoms with van der Waals surface area (Å²) in [5, 5.41) is 0. The van der Waals surface area contributed by atoms with E-state index in [1.54, 1.807) is 0 Å². The van der Waals surface area contributed by atoms with E-state index < -0.39 is 8.80 Å². The van der Waals surface area contributed by atoms with Gasteiger partial charge in [0.05, 0.1) is 19.8 Å². The predicted molar refractivity (Wildman–Crippen MR) is 87.8 cm³/mol. The van der Waals surface area contributed by atoms with Gasteiger partial charge in [-0.3, -0.25) is 0 Å². The van der Waals surface area contributed by atoms with Crippen LogP contribution in [0.3, 0.4) is 0 Å². The molecular formula is C16H30O3Si. The van der Waals surface area contributed by atoms with Crippen molar-refractivity contribution in [1.82, 2.24) is 0 Å². The highest BCUT2D eigenvalue weighted by atomic mass is 28.4. The van der Waals surface area contributed by atoms with Crippen LogP contribution in [0.1, 0.15) is 40.0 Å². The van der Waals surface area contributed by atoms with Crippen molar-refractivity contribution in [2.24, 2.45) is 0 Å². The van der Waals surface area contributed by atoms with Gasteiger partial charge in [-0.15, -0.1) is 0 Å². The highest BCUT2D eigenvalue weighted by Gasteiger charge is 2.35. The molecule has 20 heavy (non-hydrogen) atoms. The zero-order valence-corrected chi connectivity index (χ0v) is 14.6. The number of rotatable bonds is 12. The molecule has 0 aromatic carbocycles. The molecule has 0 heterocycles. The van der Waals surface area contributed by atoms with Crippen LogP contribution in [0.2, 0.25) is 6.55 Å². The maximum absolute atomic E-state index is 5.88. The van der Waals surface area contributed by atoms with Crippen LogP contribution in [0, 0.1) is 0 Å². The van der Waals surface area contributed by atoms with Crippen LogP contribution in [0.15, 0.2) is 36.5 Å². The maximum atomic E-state index is 5.88. The van der Waals surface area contributed by atoms with Gasteiger partial charge in [0.25, 0.3) is 0 Å². The quantitative estimate of drug-likeness (QED) is 0.392. The van der Waals surface area contributed by atoms with Crippen LogP contribution >= 0.6 is 0 Å². The van der Waals surface area contributed by atoms with Gasteiger partial charge in [-0.25, -0.2) is 0 Å². The van der Waals surface area contributed by atoms with Gasteiger partial charge in [-0.2, -0.15) is 0 Å². The van der Waals surface area contributed by atoms with Crippen LogP contribution in [-0.4, -0.2) is 28.6 Å². The molecule has 4 heteroatoms. The summed E-state index contributed by atoms with van der Waals surface area (Å²) in [6.45, 7) is 21.4. The Morgan fingerprint density at radius 2 is 0.950 bits per heavy atom. The maximum Gasteiger partial charge on any atom is 0.498 e. The summed E-state index contributed by atoms with van der Waals surface area (Å²) in [6.07, 6.45) is 2.69. The Bertz CT molecular complexity index is 286. The van der Waals surface area contributed by atoms with E-state index in [9.17, 15) is 0 Å². The summed E-state index contributed by atoms with van der Waals surface area (Å²) in [6, 6.07) is 0. The molecule has 0 spiro atoms. The van der Waals surface area contributed by atoms with Gasteiger partial charge in [0.1, 0.15) is 0 Å². The smallest absolute Gasteiger partial charge is 0.369 e. The van der Waals surface area contributed by atoms with Crippen LogP contribution in [-0.2, 0) is 13.3 Å². The summed E-state index contributed by atoms with van der Waals surface area (Å²) in [5.74, 6) is 0. The average molecular weight is 298 g/mol. The Morgan fingerprint density at radius 1 is 0.700 bits per heavy atom. The van der Waals surface area contributed by atoms with Crippen LogP contribution < -0.4 is 0 Å². The van der Waals surface area contributed by atoms with Gasteiger partial charge in [0, 0.05) is 6.55 Å². The molecule has 0 aliphatic heterocycles. The van der Waals surface area contributed by atoms with E-state index in [0.717, 1.165) is 36.0 Å².